The number of H-pyrrole nitrogens is 1. The van der Waals surface area contributed by atoms with Crippen LogP contribution in [0.15, 0.2) is 82.9 Å². The number of nitrogens with zero attached hydrogens (tertiary/aromatic N) is 1. The lowest BCUT2D eigenvalue weighted by molar-refractivity contribution is 0.102. The number of sulfonamides is 1. The molecule has 8 nitrogen and oxygen atoms in total. The minimum Gasteiger partial charge on any atom is -0.328 e. The van der Waals surface area contributed by atoms with E-state index in [-0.39, 0.29) is 10.5 Å². The van der Waals surface area contributed by atoms with Gasteiger partial charge in [0.2, 0.25) is 10.0 Å². The fourth-order valence-electron chi connectivity index (χ4n) is 3.08. The van der Waals surface area contributed by atoms with Gasteiger partial charge >= 0.3 is 0 Å². The Kier molecular flexibility index (Phi) is 4.90. The quantitative estimate of drug-likeness (QED) is 0.466. The van der Waals surface area contributed by atoms with Gasteiger partial charge in [0, 0.05) is 40.8 Å². The van der Waals surface area contributed by atoms with Crippen LogP contribution in [-0.4, -0.2) is 24.3 Å². The van der Waals surface area contributed by atoms with Gasteiger partial charge in [0.05, 0.1) is 4.90 Å². The molecule has 2 aromatic carbocycles. The molecule has 4 aromatic rings. The number of pyridine rings is 2. The fourth-order valence-corrected chi connectivity index (χ4v) is 3.60. The van der Waals surface area contributed by atoms with Crippen LogP contribution < -0.4 is 16.0 Å². The SMILES string of the molecule is NS(=O)(=O)c1ccc(NC(=O)c2cc(-c3cncc4ccccc34)c[nH]c2=O)cc1. The number of aromatic nitrogens is 2. The van der Waals surface area contributed by atoms with Crippen LogP contribution in [0.2, 0.25) is 0 Å². The largest absolute Gasteiger partial charge is 0.328 e. The molecule has 0 bridgehead atoms. The Morgan fingerprint density at radius 2 is 1.77 bits per heavy atom. The van der Waals surface area contributed by atoms with Crippen molar-refractivity contribution in [3.63, 3.8) is 0 Å². The number of hydrogen-bond acceptors (Lipinski definition) is 5. The topological polar surface area (TPSA) is 135 Å². The second-order valence-corrected chi connectivity index (χ2v) is 8.12. The summed E-state index contributed by atoms with van der Waals surface area (Å²) in [6.07, 6.45) is 4.94. The van der Waals surface area contributed by atoms with Crippen molar-refractivity contribution in [3.8, 4) is 11.1 Å². The molecule has 0 saturated carbocycles. The molecule has 0 unspecified atom stereocenters. The lowest BCUT2D eigenvalue weighted by Gasteiger charge is -2.09. The van der Waals surface area contributed by atoms with Gasteiger partial charge in [-0.15, -0.1) is 0 Å². The van der Waals surface area contributed by atoms with Crippen LogP contribution in [-0.2, 0) is 10.0 Å². The zero-order chi connectivity index (χ0) is 21.3. The molecule has 0 fully saturated rings. The molecule has 0 saturated heterocycles. The Bertz CT molecular complexity index is 1420. The molecule has 30 heavy (non-hydrogen) atoms. The van der Waals surface area contributed by atoms with E-state index >= 15 is 0 Å². The van der Waals surface area contributed by atoms with E-state index in [1.165, 1.54) is 36.5 Å². The molecule has 2 heterocycles. The summed E-state index contributed by atoms with van der Waals surface area (Å²) in [5.74, 6) is -0.630. The zero-order valence-electron chi connectivity index (χ0n) is 15.5. The van der Waals surface area contributed by atoms with Crippen LogP contribution in [0.4, 0.5) is 5.69 Å². The number of fused-ring (bicyclic) bond motifs is 1. The van der Waals surface area contributed by atoms with Gasteiger partial charge in [-0.05, 0) is 35.7 Å². The fraction of sp³-hybridized carbons (Fsp3) is 0. The predicted molar refractivity (Wildman–Crippen MR) is 114 cm³/mol. The third kappa shape index (κ3) is 3.84. The van der Waals surface area contributed by atoms with E-state index in [9.17, 15) is 18.0 Å². The van der Waals surface area contributed by atoms with Crippen molar-refractivity contribution < 1.29 is 13.2 Å². The summed E-state index contributed by atoms with van der Waals surface area (Å²) >= 11 is 0. The molecule has 0 aliphatic carbocycles. The molecule has 2 aromatic heterocycles. The summed E-state index contributed by atoms with van der Waals surface area (Å²) in [6, 6.07) is 14.5. The lowest BCUT2D eigenvalue weighted by atomic mass is 10.0. The van der Waals surface area contributed by atoms with E-state index in [2.05, 4.69) is 15.3 Å². The third-order valence-corrected chi connectivity index (χ3v) is 5.50. The van der Waals surface area contributed by atoms with Crippen molar-refractivity contribution in [2.45, 2.75) is 4.90 Å². The highest BCUT2D eigenvalue weighted by Crippen LogP contribution is 2.27. The number of primary sulfonamides is 1. The Hall–Kier alpha value is -3.82. The van der Waals surface area contributed by atoms with Crippen molar-refractivity contribution in [1.29, 1.82) is 0 Å². The summed E-state index contributed by atoms with van der Waals surface area (Å²) in [6.45, 7) is 0. The molecule has 0 radical (unpaired) electrons. The maximum Gasteiger partial charge on any atom is 0.261 e. The van der Waals surface area contributed by atoms with Crippen LogP contribution in [0.5, 0.6) is 0 Å². The maximum atomic E-state index is 12.7. The first-order valence-electron chi connectivity index (χ1n) is 8.83. The Labute approximate surface area is 171 Å². The van der Waals surface area contributed by atoms with Crippen molar-refractivity contribution in [3.05, 3.63) is 89.1 Å². The number of aromatic amines is 1. The highest BCUT2D eigenvalue weighted by Gasteiger charge is 2.15. The Morgan fingerprint density at radius 1 is 1.03 bits per heavy atom. The first-order chi connectivity index (χ1) is 14.3. The van der Waals surface area contributed by atoms with Crippen LogP contribution in [0.1, 0.15) is 10.4 Å². The minimum atomic E-state index is -3.83. The molecule has 4 N–H and O–H groups in total. The van der Waals surface area contributed by atoms with Gasteiger partial charge in [-0.3, -0.25) is 14.6 Å². The van der Waals surface area contributed by atoms with E-state index in [1.807, 2.05) is 24.3 Å². The number of nitrogens with one attached hydrogen (secondary N) is 2. The van der Waals surface area contributed by atoms with E-state index < -0.39 is 21.5 Å². The number of benzene rings is 2. The van der Waals surface area contributed by atoms with E-state index in [4.69, 9.17) is 5.14 Å². The Balaban J connectivity index is 1.68. The van der Waals surface area contributed by atoms with Crippen LogP contribution in [0.25, 0.3) is 21.9 Å². The van der Waals surface area contributed by atoms with Gasteiger partial charge < -0.3 is 10.3 Å². The third-order valence-electron chi connectivity index (χ3n) is 4.57. The number of carbonyl (C=O) groups is 1. The predicted octanol–water partition coefficient (Wildman–Crippen LogP) is 2.49. The standard InChI is InChI=1S/C21H16N4O4S/c22-30(28,29)16-7-5-15(6-8-16)25-21(27)18-9-14(11-24-20(18)26)19-12-23-10-13-3-1-2-4-17(13)19/h1-12H,(H,24,26)(H,25,27)(H2,22,28,29). The summed E-state index contributed by atoms with van der Waals surface area (Å²) in [7, 11) is -3.83. The molecule has 0 spiro atoms. The molecule has 0 aliphatic rings. The molecule has 0 atom stereocenters. The zero-order valence-corrected chi connectivity index (χ0v) is 16.3. The number of hydrogen-bond donors (Lipinski definition) is 3. The van der Waals surface area contributed by atoms with Crippen molar-refractivity contribution >= 4 is 32.4 Å². The number of nitrogens with two attached hydrogens (primary N) is 1. The second-order valence-electron chi connectivity index (χ2n) is 6.56. The molecule has 0 aliphatic heterocycles. The molecule has 9 heteroatoms. The summed E-state index contributed by atoms with van der Waals surface area (Å²) in [5.41, 5.74) is 1.09. The lowest BCUT2D eigenvalue weighted by Crippen LogP contribution is -2.23. The van der Waals surface area contributed by atoms with Gasteiger partial charge in [-0.1, -0.05) is 24.3 Å². The first kappa shape index (κ1) is 19.5. The van der Waals surface area contributed by atoms with Crippen LogP contribution >= 0.6 is 0 Å². The number of anilines is 1. The molecule has 4 rings (SSSR count). The minimum absolute atomic E-state index is 0.0798. The van der Waals surface area contributed by atoms with Crippen LogP contribution in [0.3, 0.4) is 0 Å². The normalized spacial score (nSPS) is 11.4. The summed E-state index contributed by atoms with van der Waals surface area (Å²) < 4.78 is 22.7. The van der Waals surface area contributed by atoms with Gasteiger partial charge in [-0.2, -0.15) is 0 Å². The second kappa shape index (κ2) is 7.54. The summed E-state index contributed by atoms with van der Waals surface area (Å²) in [5, 5.41) is 9.52. The first-order valence-corrected chi connectivity index (χ1v) is 10.4. The van der Waals surface area contributed by atoms with Gasteiger partial charge in [-0.25, -0.2) is 13.6 Å². The van der Waals surface area contributed by atoms with Gasteiger partial charge in [0.1, 0.15) is 5.56 Å². The van der Waals surface area contributed by atoms with Crippen molar-refractivity contribution in [2.75, 3.05) is 5.32 Å². The molecule has 150 valence electrons. The van der Waals surface area contributed by atoms with Crippen molar-refractivity contribution in [2.24, 2.45) is 5.14 Å². The van der Waals surface area contributed by atoms with E-state index in [0.717, 1.165) is 16.3 Å². The smallest absolute Gasteiger partial charge is 0.261 e. The van der Waals surface area contributed by atoms with E-state index in [1.54, 1.807) is 12.4 Å². The number of rotatable bonds is 4. The average Bonchev–Trinajstić information content (AvgIpc) is 2.73. The van der Waals surface area contributed by atoms with Gasteiger partial charge in [0.25, 0.3) is 11.5 Å². The highest BCUT2D eigenvalue weighted by molar-refractivity contribution is 7.89. The Morgan fingerprint density at radius 3 is 2.50 bits per heavy atom. The molecule has 1 amide bonds. The number of carbonyl (C=O) groups excluding carboxylic acids is 1. The number of amides is 1. The van der Waals surface area contributed by atoms with Crippen molar-refractivity contribution in [1.82, 2.24) is 9.97 Å². The molecular formula is C21H16N4O4S. The molecular weight excluding hydrogens is 404 g/mol. The van der Waals surface area contributed by atoms with Gasteiger partial charge in [0.15, 0.2) is 0 Å². The highest BCUT2D eigenvalue weighted by atomic mass is 32.2. The van der Waals surface area contributed by atoms with Crippen LogP contribution in [0, 0.1) is 0 Å². The maximum absolute atomic E-state index is 12.7. The monoisotopic (exact) mass is 420 g/mol. The average molecular weight is 420 g/mol. The van der Waals surface area contributed by atoms with E-state index in [0.29, 0.717) is 11.3 Å². The summed E-state index contributed by atoms with van der Waals surface area (Å²) in [4.78, 5) is 31.7.